The van der Waals surface area contributed by atoms with Crippen LogP contribution in [-0.2, 0) is 16.6 Å². The second-order valence-corrected chi connectivity index (χ2v) is 8.99. The second-order valence-electron chi connectivity index (χ2n) is 7.12. The van der Waals surface area contributed by atoms with Crippen LogP contribution in [0.4, 0.5) is 0 Å². The number of hydrogen-bond donors (Lipinski definition) is 0. The van der Waals surface area contributed by atoms with Crippen molar-refractivity contribution in [2.45, 2.75) is 58.4 Å². The first kappa shape index (κ1) is 18.1. The number of benzene rings is 1. The molecular weight excluding hydrogens is 334 g/mol. The van der Waals surface area contributed by atoms with Crippen LogP contribution in [0.2, 0.25) is 0 Å². The average molecular weight is 362 g/mol. The molecule has 0 N–H and O–H groups in total. The zero-order valence-corrected chi connectivity index (χ0v) is 16.4. The van der Waals surface area contributed by atoms with Gasteiger partial charge in [0, 0.05) is 13.1 Å². The summed E-state index contributed by atoms with van der Waals surface area (Å²) in [5, 5.41) is 4.54. The van der Waals surface area contributed by atoms with E-state index in [2.05, 4.69) is 37.1 Å². The Hall–Kier alpha value is -1.66. The van der Waals surface area contributed by atoms with Crippen molar-refractivity contribution in [2.75, 3.05) is 13.1 Å². The lowest BCUT2D eigenvalue weighted by atomic mass is 10.1. The summed E-state index contributed by atoms with van der Waals surface area (Å²) < 4.78 is 29.6. The zero-order chi connectivity index (χ0) is 18.2. The average Bonchev–Trinajstić information content (AvgIpc) is 2.81. The molecule has 1 saturated heterocycles. The minimum Gasteiger partial charge on any atom is -0.264 e. The van der Waals surface area contributed by atoms with Gasteiger partial charge in [0.15, 0.2) is 0 Å². The van der Waals surface area contributed by atoms with Crippen LogP contribution in [0, 0.1) is 27.7 Å². The van der Waals surface area contributed by atoms with Crippen molar-refractivity contribution in [1.82, 2.24) is 14.1 Å². The van der Waals surface area contributed by atoms with Crippen LogP contribution in [0.15, 0.2) is 23.1 Å². The third kappa shape index (κ3) is 3.65. The molecule has 1 fully saturated rings. The van der Waals surface area contributed by atoms with Gasteiger partial charge in [-0.3, -0.25) is 4.68 Å². The third-order valence-corrected chi connectivity index (χ3v) is 6.99. The standard InChI is InChI=1S/C19H27N3O2S/c1-14-10-15(2)12-18(11-14)13-22-17(4)19(16(3)20-22)25(23,24)21-8-6-5-7-9-21/h10-12H,5-9,13H2,1-4H3. The highest BCUT2D eigenvalue weighted by Gasteiger charge is 2.31. The molecule has 5 nitrogen and oxygen atoms in total. The Morgan fingerprint density at radius 2 is 1.56 bits per heavy atom. The van der Waals surface area contributed by atoms with Crippen LogP contribution in [0.5, 0.6) is 0 Å². The van der Waals surface area contributed by atoms with Gasteiger partial charge in [-0.25, -0.2) is 8.42 Å². The van der Waals surface area contributed by atoms with Crippen LogP contribution < -0.4 is 0 Å². The fourth-order valence-corrected chi connectivity index (χ4v) is 5.67. The summed E-state index contributed by atoms with van der Waals surface area (Å²) in [5.74, 6) is 0. The van der Waals surface area contributed by atoms with Crippen LogP contribution in [0.3, 0.4) is 0 Å². The van der Waals surface area contributed by atoms with E-state index in [9.17, 15) is 8.42 Å². The molecule has 1 aliphatic heterocycles. The Balaban J connectivity index is 1.95. The number of rotatable bonds is 4. The minimum atomic E-state index is -3.46. The zero-order valence-electron chi connectivity index (χ0n) is 15.5. The summed E-state index contributed by atoms with van der Waals surface area (Å²) in [6, 6.07) is 6.39. The molecule has 0 atom stereocenters. The van der Waals surface area contributed by atoms with E-state index in [1.165, 1.54) is 11.1 Å². The lowest BCUT2D eigenvalue weighted by Gasteiger charge is -2.26. The van der Waals surface area contributed by atoms with Crippen molar-refractivity contribution in [1.29, 1.82) is 0 Å². The molecule has 0 amide bonds. The van der Waals surface area contributed by atoms with Crippen molar-refractivity contribution in [3.63, 3.8) is 0 Å². The highest BCUT2D eigenvalue weighted by molar-refractivity contribution is 7.89. The lowest BCUT2D eigenvalue weighted by Crippen LogP contribution is -2.36. The van der Waals surface area contributed by atoms with Crippen molar-refractivity contribution in [3.8, 4) is 0 Å². The van der Waals surface area contributed by atoms with Gasteiger partial charge in [-0.1, -0.05) is 35.7 Å². The molecule has 136 valence electrons. The SMILES string of the molecule is Cc1cc(C)cc(Cn2nc(C)c(S(=O)(=O)N3CCCCC3)c2C)c1. The first-order valence-electron chi connectivity index (χ1n) is 8.90. The van der Waals surface area contributed by atoms with E-state index in [4.69, 9.17) is 0 Å². The van der Waals surface area contributed by atoms with Crippen LogP contribution in [0.1, 0.15) is 47.3 Å². The Morgan fingerprint density at radius 3 is 2.16 bits per heavy atom. The highest BCUT2D eigenvalue weighted by Crippen LogP contribution is 2.26. The predicted molar refractivity (Wildman–Crippen MR) is 99.3 cm³/mol. The number of sulfonamides is 1. The maximum absolute atomic E-state index is 13.1. The van der Waals surface area contributed by atoms with Gasteiger partial charge in [-0.05, 0) is 46.1 Å². The van der Waals surface area contributed by atoms with E-state index < -0.39 is 10.0 Å². The molecule has 3 rings (SSSR count). The Bertz CT molecular complexity index is 858. The van der Waals surface area contributed by atoms with Crippen molar-refractivity contribution in [2.24, 2.45) is 0 Å². The summed E-state index contributed by atoms with van der Waals surface area (Å²) in [6.07, 6.45) is 2.98. The molecule has 0 spiro atoms. The van der Waals surface area contributed by atoms with E-state index in [0.29, 0.717) is 30.2 Å². The fraction of sp³-hybridized carbons (Fsp3) is 0.526. The molecule has 1 aromatic carbocycles. The molecule has 1 aliphatic rings. The predicted octanol–water partition coefficient (Wildman–Crippen LogP) is 3.34. The molecule has 1 aromatic heterocycles. The Morgan fingerprint density at radius 1 is 0.960 bits per heavy atom. The van der Waals surface area contributed by atoms with Gasteiger partial charge in [-0.2, -0.15) is 9.40 Å². The van der Waals surface area contributed by atoms with Crippen molar-refractivity contribution >= 4 is 10.0 Å². The van der Waals surface area contributed by atoms with Gasteiger partial charge >= 0.3 is 0 Å². The summed E-state index contributed by atoms with van der Waals surface area (Å²) in [6.45, 7) is 9.62. The molecule has 25 heavy (non-hydrogen) atoms. The number of hydrogen-bond acceptors (Lipinski definition) is 3. The monoisotopic (exact) mass is 361 g/mol. The maximum atomic E-state index is 13.1. The van der Waals surface area contributed by atoms with Crippen LogP contribution in [0.25, 0.3) is 0 Å². The van der Waals surface area contributed by atoms with Crippen LogP contribution in [-0.4, -0.2) is 35.6 Å². The first-order valence-corrected chi connectivity index (χ1v) is 10.3. The number of nitrogens with zero attached hydrogens (tertiary/aromatic N) is 3. The normalized spacial score (nSPS) is 16.3. The Kier molecular flexibility index (Phi) is 5.02. The summed E-state index contributed by atoms with van der Waals surface area (Å²) in [4.78, 5) is 0.388. The largest absolute Gasteiger partial charge is 0.264 e. The second kappa shape index (κ2) is 6.92. The quantitative estimate of drug-likeness (QED) is 0.839. The summed E-state index contributed by atoms with van der Waals surface area (Å²) in [5.41, 5.74) is 4.87. The molecule has 2 aromatic rings. The molecule has 0 saturated carbocycles. The highest BCUT2D eigenvalue weighted by atomic mass is 32.2. The first-order chi connectivity index (χ1) is 11.8. The van der Waals surface area contributed by atoms with E-state index in [1.807, 2.05) is 11.6 Å². The minimum absolute atomic E-state index is 0.388. The van der Waals surface area contributed by atoms with Gasteiger partial charge in [-0.15, -0.1) is 0 Å². The molecule has 2 heterocycles. The van der Waals surface area contributed by atoms with E-state index in [1.54, 1.807) is 11.2 Å². The fourth-order valence-electron chi connectivity index (χ4n) is 3.78. The van der Waals surface area contributed by atoms with Gasteiger partial charge in [0.2, 0.25) is 10.0 Å². The maximum Gasteiger partial charge on any atom is 0.246 e. The van der Waals surface area contributed by atoms with Crippen LogP contribution >= 0.6 is 0 Å². The van der Waals surface area contributed by atoms with E-state index in [-0.39, 0.29) is 0 Å². The number of piperidine rings is 1. The molecule has 0 unspecified atom stereocenters. The molecule has 6 heteroatoms. The molecule has 0 aliphatic carbocycles. The van der Waals surface area contributed by atoms with Gasteiger partial charge in [0.25, 0.3) is 0 Å². The van der Waals surface area contributed by atoms with Gasteiger partial charge in [0.1, 0.15) is 4.90 Å². The van der Waals surface area contributed by atoms with E-state index in [0.717, 1.165) is 30.5 Å². The Labute approximate surface area is 150 Å². The number of aryl methyl sites for hydroxylation is 3. The van der Waals surface area contributed by atoms with E-state index >= 15 is 0 Å². The molecular formula is C19H27N3O2S. The smallest absolute Gasteiger partial charge is 0.246 e. The third-order valence-electron chi connectivity index (χ3n) is 4.84. The summed E-state index contributed by atoms with van der Waals surface area (Å²) >= 11 is 0. The topological polar surface area (TPSA) is 55.2 Å². The summed E-state index contributed by atoms with van der Waals surface area (Å²) in [7, 11) is -3.46. The van der Waals surface area contributed by atoms with Crippen molar-refractivity contribution < 1.29 is 8.42 Å². The van der Waals surface area contributed by atoms with Gasteiger partial charge in [0.05, 0.1) is 17.9 Å². The van der Waals surface area contributed by atoms with Crippen molar-refractivity contribution in [3.05, 3.63) is 46.3 Å². The molecule has 0 radical (unpaired) electrons. The molecule has 0 bridgehead atoms. The lowest BCUT2D eigenvalue weighted by molar-refractivity contribution is 0.346. The van der Waals surface area contributed by atoms with Gasteiger partial charge < -0.3 is 0 Å². The number of aromatic nitrogens is 2.